The van der Waals surface area contributed by atoms with E-state index in [9.17, 15) is 13.2 Å². The molecule has 0 fully saturated rings. The van der Waals surface area contributed by atoms with E-state index in [0.717, 1.165) is 23.3 Å². The molecule has 1 heterocycles. The summed E-state index contributed by atoms with van der Waals surface area (Å²) in [5.41, 5.74) is 0.937. The molecule has 2 unspecified atom stereocenters. The molecule has 3 aromatic rings. The lowest BCUT2D eigenvalue weighted by Crippen LogP contribution is -2.19. The zero-order valence-corrected chi connectivity index (χ0v) is 13.9. The second kappa shape index (κ2) is 6.84. The van der Waals surface area contributed by atoms with Crippen LogP contribution in [0.1, 0.15) is 35.6 Å². The lowest BCUT2D eigenvalue weighted by molar-refractivity contribution is -0.137. The largest absolute Gasteiger partial charge is 0.416 e. The molecule has 2 atom stereocenters. The molecule has 0 radical (unpaired) electrons. The lowest BCUT2D eigenvalue weighted by Gasteiger charge is -2.24. The molecule has 2 aromatic carbocycles. The number of tetrazole rings is 1. The molecule has 0 amide bonds. The van der Waals surface area contributed by atoms with Gasteiger partial charge in [0.05, 0.1) is 11.6 Å². The Bertz CT molecular complexity index is 815. The number of rotatable bonds is 4. The maximum Gasteiger partial charge on any atom is 0.416 e. The van der Waals surface area contributed by atoms with Gasteiger partial charge in [0.25, 0.3) is 0 Å². The van der Waals surface area contributed by atoms with Crippen molar-refractivity contribution in [3.05, 3.63) is 76.6 Å². The molecule has 130 valence electrons. The Balaban J connectivity index is 2.03. The van der Waals surface area contributed by atoms with Crippen LogP contribution < -0.4 is 0 Å². The summed E-state index contributed by atoms with van der Waals surface area (Å²) < 4.78 is 38.5. The van der Waals surface area contributed by atoms with Crippen molar-refractivity contribution in [1.82, 2.24) is 20.2 Å². The quantitative estimate of drug-likeness (QED) is 0.670. The van der Waals surface area contributed by atoms with E-state index in [-0.39, 0.29) is 12.0 Å². The molecular formula is C17H14ClF3N4. The average Bonchev–Trinajstić information content (AvgIpc) is 3.11. The molecule has 25 heavy (non-hydrogen) atoms. The van der Waals surface area contributed by atoms with Gasteiger partial charge in [0.15, 0.2) is 6.33 Å². The molecule has 3 rings (SSSR count). The summed E-state index contributed by atoms with van der Waals surface area (Å²) in [6.45, 7) is 1.89. The molecule has 0 N–H and O–H groups in total. The minimum atomic E-state index is -4.37. The number of hydrogen-bond acceptors (Lipinski definition) is 3. The predicted molar refractivity (Wildman–Crippen MR) is 87.3 cm³/mol. The maximum absolute atomic E-state index is 12.8. The number of alkyl halides is 3. The summed E-state index contributed by atoms with van der Waals surface area (Å²) in [6.07, 6.45) is -3.05. The van der Waals surface area contributed by atoms with Crippen molar-refractivity contribution in [3.8, 4) is 0 Å². The summed E-state index contributed by atoms with van der Waals surface area (Å²) in [7, 11) is 0. The van der Waals surface area contributed by atoms with Crippen LogP contribution in [-0.2, 0) is 6.18 Å². The third kappa shape index (κ3) is 3.82. The molecule has 0 bridgehead atoms. The fourth-order valence-corrected chi connectivity index (χ4v) is 2.92. The molecular weight excluding hydrogens is 353 g/mol. The van der Waals surface area contributed by atoms with Gasteiger partial charge in [-0.3, -0.25) is 0 Å². The van der Waals surface area contributed by atoms with Crippen LogP contribution in [0.5, 0.6) is 0 Å². The third-order valence-corrected chi connectivity index (χ3v) is 4.29. The van der Waals surface area contributed by atoms with E-state index < -0.39 is 11.7 Å². The first-order chi connectivity index (χ1) is 11.9. The summed E-state index contributed by atoms with van der Waals surface area (Å²) >= 11 is 5.95. The number of aromatic nitrogens is 4. The topological polar surface area (TPSA) is 43.6 Å². The van der Waals surface area contributed by atoms with Gasteiger partial charge in [0.2, 0.25) is 0 Å². The first-order valence-corrected chi connectivity index (χ1v) is 7.89. The number of nitrogens with zero attached hydrogens (tertiary/aromatic N) is 4. The smallest absolute Gasteiger partial charge is 0.166 e. The van der Waals surface area contributed by atoms with Gasteiger partial charge >= 0.3 is 6.18 Å². The highest BCUT2D eigenvalue weighted by atomic mass is 35.5. The molecule has 0 spiro atoms. The molecule has 1 aromatic heterocycles. The maximum atomic E-state index is 12.8. The predicted octanol–water partition coefficient (Wildman–Crippen LogP) is 4.74. The van der Waals surface area contributed by atoms with E-state index >= 15 is 0 Å². The van der Waals surface area contributed by atoms with E-state index in [1.54, 1.807) is 12.1 Å². The first-order valence-electron chi connectivity index (χ1n) is 7.51. The highest BCUT2D eigenvalue weighted by Crippen LogP contribution is 2.36. The number of benzene rings is 2. The van der Waals surface area contributed by atoms with Crippen LogP contribution in [0.3, 0.4) is 0 Å². The summed E-state index contributed by atoms with van der Waals surface area (Å²) in [4.78, 5) is 1.44. The minimum absolute atomic E-state index is 0.250. The van der Waals surface area contributed by atoms with E-state index in [1.807, 2.05) is 19.1 Å². The van der Waals surface area contributed by atoms with Crippen molar-refractivity contribution >= 4 is 11.6 Å². The van der Waals surface area contributed by atoms with Gasteiger partial charge in [-0.1, -0.05) is 35.9 Å². The fourth-order valence-electron chi connectivity index (χ4n) is 2.79. The zero-order chi connectivity index (χ0) is 18.0. The standard InChI is InChI=1S/C17H14ClF3N4/c1-11(25-23-10-22-24-25)16(13-4-8-15(18)9-5-13)12-2-6-14(7-3-12)17(19,20)21/h2-11,16H,1H3. The van der Waals surface area contributed by atoms with Crippen molar-refractivity contribution in [2.24, 2.45) is 0 Å². The SMILES string of the molecule is CC(C(c1ccc(Cl)cc1)c1ccc(C(F)(F)F)cc1)n1ncnn1. The first kappa shape index (κ1) is 17.4. The molecule has 0 aliphatic heterocycles. The lowest BCUT2D eigenvalue weighted by atomic mass is 9.85. The van der Waals surface area contributed by atoms with Gasteiger partial charge in [0.1, 0.15) is 0 Å². The van der Waals surface area contributed by atoms with E-state index in [1.165, 1.54) is 23.3 Å². The van der Waals surface area contributed by atoms with Crippen LogP contribution in [0.25, 0.3) is 0 Å². The summed E-state index contributed by atoms with van der Waals surface area (Å²) in [6, 6.07) is 12.1. The van der Waals surface area contributed by atoms with Gasteiger partial charge in [0, 0.05) is 10.9 Å². The van der Waals surface area contributed by atoms with Gasteiger partial charge in [-0.05, 0) is 47.5 Å². The van der Waals surface area contributed by atoms with Crippen molar-refractivity contribution in [2.45, 2.75) is 25.1 Å². The van der Waals surface area contributed by atoms with Crippen LogP contribution in [-0.4, -0.2) is 20.2 Å². The molecule has 8 heteroatoms. The second-order valence-corrected chi connectivity index (χ2v) is 6.08. The summed E-state index contributed by atoms with van der Waals surface area (Å²) in [5, 5.41) is 12.3. The molecule has 0 aliphatic rings. The molecule has 0 saturated carbocycles. The highest BCUT2D eigenvalue weighted by Gasteiger charge is 2.31. The van der Waals surface area contributed by atoms with Crippen LogP contribution in [0.4, 0.5) is 13.2 Å². The average molecular weight is 367 g/mol. The number of hydrogen-bond donors (Lipinski definition) is 0. The fraction of sp³-hybridized carbons (Fsp3) is 0.235. The van der Waals surface area contributed by atoms with Gasteiger partial charge in [-0.15, -0.1) is 10.2 Å². The number of halogens is 4. The minimum Gasteiger partial charge on any atom is -0.166 e. The van der Waals surface area contributed by atoms with Gasteiger partial charge in [-0.25, -0.2) is 0 Å². The molecule has 4 nitrogen and oxygen atoms in total. The van der Waals surface area contributed by atoms with Crippen LogP contribution >= 0.6 is 11.6 Å². The normalized spacial score (nSPS) is 14.3. The van der Waals surface area contributed by atoms with Crippen LogP contribution in [0.2, 0.25) is 5.02 Å². The Kier molecular flexibility index (Phi) is 4.76. The van der Waals surface area contributed by atoms with Gasteiger partial charge in [-0.2, -0.15) is 18.0 Å². The Hall–Kier alpha value is -2.41. The monoisotopic (exact) mass is 366 g/mol. The van der Waals surface area contributed by atoms with E-state index in [2.05, 4.69) is 15.4 Å². The van der Waals surface area contributed by atoms with Crippen molar-refractivity contribution in [1.29, 1.82) is 0 Å². The van der Waals surface area contributed by atoms with E-state index in [0.29, 0.717) is 5.02 Å². The van der Waals surface area contributed by atoms with E-state index in [4.69, 9.17) is 11.6 Å². The Morgan fingerprint density at radius 1 is 0.960 bits per heavy atom. The van der Waals surface area contributed by atoms with Crippen molar-refractivity contribution in [2.75, 3.05) is 0 Å². The summed E-state index contributed by atoms with van der Waals surface area (Å²) in [5.74, 6) is -0.256. The van der Waals surface area contributed by atoms with Gasteiger partial charge < -0.3 is 0 Å². The Morgan fingerprint density at radius 3 is 2.00 bits per heavy atom. The van der Waals surface area contributed by atoms with Crippen LogP contribution in [0.15, 0.2) is 54.9 Å². The molecule has 0 aliphatic carbocycles. The molecule has 0 saturated heterocycles. The third-order valence-electron chi connectivity index (χ3n) is 4.04. The van der Waals surface area contributed by atoms with Crippen molar-refractivity contribution < 1.29 is 13.2 Å². The zero-order valence-electron chi connectivity index (χ0n) is 13.2. The Morgan fingerprint density at radius 2 is 1.52 bits per heavy atom. The highest BCUT2D eigenvalue weighted by molar-refractivity contribution is 6.30. The second-order valence-electron chi connectivity index (χ2n) is 5.65. The van der Waals surface area contributed by atoms with Crippen molar-refractivity contribution in [3.63, 3.8) is 0 Å². The Labute approximate surface area is 147 Å². The van der Waals surface area contributed by atoms with Crippen LogP contribution in [0, 0.1) is 0 Å².